The van der Waals surface area contributed by atoms with Crippen LogP contribution in [0.2, 0.25) is 0 Å². The van der Waals surface area contributed by atoms with Crippen LogP contribution < -0.4 is 4.74 Å². The molecule has 1 amide bonds. The third-order valence-electron chi connectivity index (χ3n) is 6.56. The maximum atomic E-state index is 13.8. The molecule has 2 atom stereocenters. The number of ether oxygens (including phenoxy) is 1. The number of amides is 1. The number of hydrogen-bond acceptors (Lipinski definition) is 5. The highest BCUT2D eigenvalue weighted by Gasteiger charge is 2.40. The highest BCUT2D eigenvalue weighted by atomic mass is 32.2. The molecule has 186 valence electrons. The number of para-hydroxylation sites is 1. The van der Waals surface area contributed by atoms with Gasteiger partial charge in [0.15, 0.2) is 0 Å². The zero-order valence-electron chi connectivity index (χ0n) is 19.4. The van der Waals surface area contributed by atoms with Crippen LogP contribution in [-0.4, -0.2) is 65.6 Å². The minimum absolute atomic E-state index is 0.0374. The van der Waals surface area contributed by atoms with E-state index in [1.165, 1.54) is 11.2 Å². The maximum absolute atomic E-state index is 13.8. The molecule has 4 rings (SSSR count). The number of alkyl halides is 2. The first-order chi connectivity index (χ1) is 16.2. The van der Waals surface area contributed by atoms with Crippen molar-refractivity contribution in [1.82, 2.24) is 19.0 Å². The summed E-state index contributed by atoms with van der Waals surface area (Å²) in [7, 11) is -2.40. The molecule has 0 saturated heterocycles. The van der Waals surface area contributed by atoms with E-state index >= 15 is 0 Å². The van der Waals surface area contributed by atoms with Crippen LogP contribution in [0.25, 0.3) is 0 Å². The van der Waals surface area contributed by atoms with Crippen molar-refractivity contribution in [2.75, 3.05) is 20.1 Å². The van der Waals surface area contributed by atoms with Gasteiger partial charge in [-0.15, -0.1) is 0 Å². The molecule has 8 nitrogen and oxygen atoms in total. The Labute approximate surface area is 198 Å². The van der Waals surface area contributed by atoms with Crippen molar-refractivity contribution in [2.24, 2.45) is 0 Å². The van der Waals surface area contributed by atoms with Crippen LogP contribution in [0.15, 0.2) is 35.4 Å². The molecule has 1 aromatic heterocycles. The van der Waals surface area contributed by atoms with Crippen molar-refractivity contribution in [3.63, 3.8) is 0 Å². The molecular weight excluding hydrogens is 466 g/mol. The molecule has 0 unspecified atom stereocenters. The molecule has 34 heavy (non-hydrogen) atoms. The standard InChI is InChI=1S/C23H30F2N4O4S/c1-16-21(15-28(26-16)23(24)25)34(31,32)29-14-8-7-13-27(2)22(30)17-9-3-5-11-19(17)33-20-12-6-4-10-18(20)29/h3,5,9,11,15,18,20,23H,4,6-8,10,12-14H2,1-2H3/t18-,20+/m1/s1. The van der Waals surface area contributed by atoms with Gasteiger partial charge < -0.3 is 9.64 Å². The number of aryl methyl sites for hydroxylation is 1. The average Bonchev–Trinajstić information content (AvgIpc) is 3.21. The highest BCUT2D eigenvalue weighted by molar-refractivity contribution is 7.89. The fourth-order valence-electron chi connectivity index (χ4n) is 4.79. The van der Waals surface area contributed by atoms with Gasteiger partial charge in [0, 0.05) is 20.1 Å². The Hall–Kier alpha value is -2.53. The summed E-state index contributed by atoms with van der Waals surface area (Å²) >= 11 is 0. The molecule has 0 radical (unpaired) electrons. The van der Waals surface area contributed by atoms with Crippen LogP contribution in [0, 0.1) is 6.92 Å². The number of carbonyl (C=O) groups is 1. The lowest BCUT2D eigenvalue weighted by atomic mass is 9.92. The van der Waals surface area contributed by atoms with E-state index in [9.17, 15) is 22.0 Å². The van der Waals surface area contributed by atoms with Crippen LogP contribution in [-0.2, 0) is 10.0 Å². The molecule has 0 bridgehead atoms. The Balaban J connectivity index is 1.75. The number of aromatic nitrogens is 2. The first kappa shape index (κ1) is 24.6. The molecule has 2 aliphatic rings. The van der Waals surface area contributed by atoms with Gasteiger partial charge in [-0.3, -0.25) is 4.79 Å². The van der Waals surface area contributed by atoms with Gasteiger partial charge in [0.05, 0.1) is 23.5 Å². The first-order valence-corrected chi connectivity index (χ1v) is 13.0. The fourth-order valence-corrected chi connectivity index (χ4v) is 6.66. The second-order valence-electron chi connectivity index (χ2n) is 8.89. The van der Waals surface area contributed by atoms with Crippen molar-refractivity contribution in [3.05, 3.63) is 41.7 Å². The molecule has 11 heteroatoms. The molecule has 1 aliphatic heterocycles. The second kappa shape index (κ2) is 9.99. The van der Waals surface area contributed by atoms with E-state index in [1.807, 2.05) is 0 Å². The number of hydrogen-bond donors (Lipinski definition) is 0. The summed E-state index contributed by atoms with van der Waals surface area (Å²) in [6.45, 7) is -0.842. The molecule has 1 aromatic carbocycles. The summed E-state index contributed by atoms with van der Waals surface area (Å²) in [6.07, 6.45) is 4.47. The zero-order chi connectivity index (χ0) is 24.5. The SMILES string of the molecule is Cc1nn(C(F)F)cc1S(=O)(=O)N1CCCCN(C)C(=O)c2ccccc2O[C@H]2CCCC[C@H]21. The van der Waals surface area contributed by atoms with Gasteiger partial charge >= 0.3 is 6.55 Å². The van der Waals surface area contributed by atoms with Crippen LogP contribution in [0.4, 0.5) is 8.78 Å². The van der Waals surface area contributed by atoms with E-state index in [-0.39, 0.29) is 23.0 Å². The van der Waals surface area contributed by atoms with Crippen LogP contribution >= 0.6 is 0 Å². The van der Waals surface area contributed by atoms with E-state index in [1.54, 1.807) is 36.2 Å². The molecule has 2 aromatic rings. The smallest absolute Gasteiger partial charge is 0.333 e. The van der Waals surface area contributed by atoms with Crippen LogP contribution in [0.3, 0.4) is 0 Å². The van der Waals surface area contributed by atoms with E-state index in [4.69, 9.17) is 4.74 Å². The average molecular weight is 497 g/mol. The third-order valence-corrected chi connectivity index (χ3v) is 8.59. The van der Waals surface area contributed by atoms with Gasteiger partial charge in [0.2, 0.25) is 10.0 Å². The quantitative estimate of drug-likeness (QED) is 0.645. The Bertz CT molecular complexity index is 1140. The maximum Gasteiger partial charge on any atom is 0.333 e. The predicted octanol–water partition coefficient (Wildman–Crippen LogP) is 3.83. The second-order valence-corrected chi connectivity index (χ2v) is 10.7. The number of rotatable bonds is 3. The summed E-state index contributed by atoms with van der Waals surface area (Å²) in [5.74, 6) is 0.291. The number of benzene rings is 1. The lowest BCUT2D eigenvalue weighted by molar-refractivity contribution is 0.0559. The van der Waals surface area contributed by atoms with E-state index in [0.717, 1.165) is 19.0 Å². The van der Waals surface area contributed by atoms with E-state index < -0.39 is 28.7 Å². The van der Waals surface area contributed by atoms with E-state index in [2.05, 4.69) is 5.10 Å². The van der Waals surface area contributed by atoms with Gasteiger partial charge in [0.25, 0.3) is 5.91 Å². The third kappa shape index (κ3) is 4.81. The summed E-state index contributed by atoms with van der Waals surface area (Å²) in [5.41, 5.74) is 0.480. The number of sulfonamides is 1. The summed E-state index contributed by atoms with van der Waals surface area (Å²) < 4.78 is 62.1. The van der Waals surface area contributed by atoms with Crippen LogP contribution in [0.1, 0.15) is 61.1 Å². The number of nitrogens with zero attached hydrogens (tertiary/aromatic N) is 4. The van der Waals surface area contributed by atoms with Crippen molar-refractivity contribution in [1.29, 1.82) is 0 Å². The first-order valence-electron chi connectivity index (χ1n) is 11.6. The minimum Gasteiger partial charge on any atom is -0.488 e. The van der Waals surface area contributed by atoms with Gasteiger partial charge in [-0.1, -0.05) is 18.6 Å². The zero-order valence-corrected chi connectivity index (χ0v) is 20.2. The van der Waals surface area contributed by atoms with Crippen molar-refractivity contribution in [3.8, 4) is 5.75 Å². The monoisotopic (exact) mass is 496 g/mol. The van der Waals surface area contributed by atoms with Gasteiger partial charge in [-0.2, -0.15) is 18.2 Å². The molecule has 2 heterocycles. The molecule has 0 spiro atoms. The Morgan fingerprint density at radius 3 is 2.53 bits per heavy atom. The molecule has 0 N–H and O–H groups in total. The van der Waals surface area contributed by atoms with Crippen molar-refractivity contribution < 1.29 is 26.7 Å². The molecular formula is C23H30F2N4O4S. The van der Waals surface area contributed by atoms with Gasteiger partial charge in [0.1, 0.15) is 16.7 Å². The largest absolute Gasteiger partial charge is 0.488 e. The minimum atomic E-state index is -4.11. The van der Waals surface area contributed by atoms with Gasteiger partial charge in [-0.25, -0.2) is 13.1 Å². The van der Waals surface area contributed by atoms with E-state index in [0.29, 0.717) is 48.2 Å². The fraction of sp³-hybridized carbons (Fsp3) is 0.565. The Kier molecular flexibility index (Phi) is 7.22. The van der Waals surface area contributed by atoms with Gasteiger partial charge in [-0.05, 0) is 51.2 Å². The summed E-state index contributed by atoms with van der Waals surface area (Å²) in [5, 5.41) is 3.71. The highest BCUT2D eigenvalue weighted by Crippen LogP contribution is 2.34. The predicted molar refractivity (Wildman–Crippen MR) is 121 cm³/mol. The van der Waals surface area contributed by atoms with Crippen molar-refractivity contribution in [2.45, 2.75) is 69.0 Å². The molecule has 1 aliphatic carbocycles. The van der Waals surface area contributed by atoms with Crippen molar-refractivity contribution >= 4 is 15.9 Å². The number of carbonyl (C=O) groups excluding carboxylic acids is 1. The normalized spacial score (nSPS) is 23.0. The Morgan fingerprint density at radius 1 is 1.09 bits per heavy atom. The lowest BCUT2D eigenvalue weighted by Crippen LogP contribution is -2.51. The summed E-state index contributed by atoms with van der Waals surface area (Å²) in [6, 6.07) is 6.53. The Morgan fingerprint density at radius 2 is 1.79 bits per heavy atom. The topological polar surface area (TPSA) is 84.7 Å². The number of halogens is 2. The van der Waals surface area contributed by atoms with Crippen LogP contribution in [0.5, 0.6) is 5.75 Å². The molecule has 1 fully saturated rings. The molecule has 1 saturated carbocycles. The lowest BCUT2D eigenvalue weighted by Gasteiger charge is -2.39. The summed E-state index contributed by atoms with van der Waals surface area (Å²) in [4.78, 5) is 14.4. The number of fused-ring (bicyclic) bond motifs is 2.